The number of esters is 1. The van der Waals surface area contributed by atoms with Crippen LogP contribution in [0.1, 0.15) is 23.4 Å². The van der Waals surface area contributed by atoms with Gasteiger partial charge in [0, 0.05) is 5.39 Å². The summed E-state index contributed by atoms with van der Waals surface area (Å²) < 4.78 is 10.6. The molecule has 0 aliphatic heterocycles. The van der Waals surface area contributed by atoms with Crippen LogP contribution in [0.2, 0.25) is 0 Å². The Morgan fingerprint density at radius 1 is 1.38 bits per heavy atom. The molecule has 2 aromatic rings. The third-order valence-corrected chi connectivity index (χ3v) is 2.77. The summed E-state index contributed by atoms with van der Waals surface area (Å²) in [4.78, 5) is 11.6. The fourth-order valence-corrected chi connectivity index (χ4v) is 1.63. The highest BCUT2D eigenvalue weighted by molar-refractivity contribution is 5.92. The van der Waals surface area contributed by atoms with Gasteiger partial charge in [-0.25, -0.2) is 4.79 Å². The lowest BCUT2D eigenvalue weighted by molar-refractivity contribution is 0.0452. The zero-order valence-electron chi connectivity index (χ0n) is 8.81. The fourth-order valence-electron chi connectivity index (χ4n) is 1.63. The highest BCUT2D eigenvalue weighted by Crippen LogP contribution is 2.29. The van der Waals surface area contributed by atoms with E-state index in [1.807, 2.05) is 24.3 Å². The number of hydrogen-bond donors (Lipinski definition) is 0. The van der Waals surface area contributed by atoms with E-state index >= 15 is 0 Å². The van der Waals surface area contributed by atoms with Gasteiger partial charge in [-0.1, -0.05) is 18.2 Å². The molecule has 1 aliphatic rings. The number of furan rings is 1. The van der Waals surface area contributed by atoms with E-state index in [0.29, 0.717) is 18.3 Å². The lowest BCUT2D eigenvalue weighted by Crippen LogP contribution is -2.06. The highest BCUT2D eigenvalue weighted by atomic mass is 16.5. The van der Waals surface area contributed by atoms with Crippen LogP contribution >= 0.6 is 0 Å². The zero-order chi connectivity index (χ0) is 11.0. The van der Waals surface area contributed by atoms with Gasteiger partial charge in [0.1, 0.15) is 5.58 Å². The molecule has 1 heterocycles. The van der Waals surface area contributed by atoms with Crippen molar-refractivity contribution < 1.29 is 13.9 Å². The van der Waals surface area contributed by atoms with Crippen molar-refractivity contribution in [1.29, 1.82) is 0 Å². The first-order valence-electron chi connectivity index (χ1n) is 5.48. The first-order chi connectivity index (χ1) is 7.83. The summed E-state index contributed by atoms with van der Waals surface area (Å²) in [5.74, 6) is 0.512. The molecule has 0 atom stereocenters. The van der Waals surface area contributed by atoms with Gasteiger partial charge in [-0.3, -0.25) is 0 Å². The van der Waals surface area contributed by atoms with E-state index in [9.17, 15) is 4.79 Å². The molecule has 3 rings (SSSR count). The molecule has 1 aliphatic carbocycles. The molecule has 3 heteroatoms. The molecule has 0 saturated heterocycles. The Bertz CT molecular complexity index is 490. The maximum absolute atomic E-state index is 11.6. The topological polar surface area (TPSA) is 39.4 Å². The molecule has 1 aromatic carbocycles. The predicted molar refractivity (Wildman–Crippen MR) is 59.2 cm³/mol. The van der Waals surface area contributed by atoms with Gasteiger partial charge >= 0.3 is 5.97 Å². The smallest absolute Gasteiger partial charge is 0.374 e. The van der Waals surface area contributed by atoms with Crippen LogP contribution in [0, 0.1) is 5.92 Å². The molecule has 0 radical (unpaired) electrons. The number of para-hydroxylation sites is 1. The fraction of sp³-hybridized carbons (Fsp3) is 0.308. The quantitative estimate of drug-likeness (QED) is 0.740. The Hall–Kier alpha value is -1.77. The van der Waals surface area contributed by atoms with Crippen molar-refractivity contribution >= 4 is 16.9 Å². The van der Waals surface area contributed by atoms with E-state index in [0.717, 1.165) is 11.0 Å². The van der Waals surface area contributed by atoms with E-state index < -0.39 is 0 Å². The van der Waals surface area contributed by atoms with Crippen molar-refractivity contribution in [3.8, 4) is 0 Å². The minimum atomic E-state index is -0.358. The van der Waals surface area contributed by atoms with Crippen LogP contribution < -0.4 is 0 Å². The Kier molecular flexibility index (Phi) is 2.17. The maximum Gasteiger partial charge on any atom is 0.374 e. The molecule has 82 valence electrons. The lowest BCUT2D eigenvalue weighted by Gasteiger charge is -1.99. The number of ether oxygens (including phenoxy) is 1. The van der Waals surface area contributed by atoms with Crippen LogP contribution in [0.5, 0.6) is 0 Å². The molecule has 1 fully saturated rings. The summed E-state index contributed by atoms with van der Waals surface area (Å²) in [6.07, 6.45) is 2.35. The standard InChI is InChI=1S/C13H12O3/c14-13(15-8-9-5-6-9)12-7-10-3-1-2-4-11(10)16-12/h1-4,7,9H,5-6,8H2. The second-order valence-corrected chi connectivity index (χ2v) is 4.19. The van der Waals surface area contributed by atoms with E-state index in [-0.39, 0.29) is 5.97 Å². The van der Waals surface area contributed by atoms with Gasteiger partial charge in [0.15, 0.2) is 0 Å². The molecule has 1 aromatic heterocycles. The first kappa shape index (κ1) is 9.46. The van der Waals surface area contributed by atoms with Crippen molar-refractivity contribution in [2.75, 3.05) is 6.61 Å². The lowest BCUT2D eigenvalue weighted by atomic mass is 10.2. The van der Waals surface area contributed by atoms with Gasteiger partial charge in [0.05, 0.1) is 6.61 Å². The summed E-state index contributed by atoms with van der Waals surface area (Å²) in [6.45, 7) is 0.524. The molecular formula is C13H12O3. The van der Waals surface area contributed by atoms with Gasteiger partial charge in [0.2, 0.25) is 5.76 Å². The molecule has 0 unspecified atom stereocenters. The second-order valence-electron chi connectivity index (χ2n) is 4.19. The maximum atomic E-state index is 11.6. The van der Waals surface area contributed by atoms with Crippen LogP contribution in [0.3, 0.4) is 0 Å². The second kappa shape index (κ2) is 3.67. The van der Waals surface area contributed by atoms with Crippen LogP contribution in [-0.2, 0) is 4.74 Å². The summed E-state index contributed by atoms with van der Waals surface area (Å²) in [7, 11) is 0. The summed E-state index contributed by atoms with van der Waals surface area (Å²) >= 11 is 0. The minimum absolute atomic E-state index is 0.293. The van der Waals surface area contributed by atoms with Crippen molar-refractivity contribution in [1.82, 2.24) is 0 Å². The van der Waals surface area contributed by atoms with Gasteiger partial charge in [0.25, 0.3) is 0 Å². The van der Waals surface area contributed by atoms with E-state index in [2.05, 4.69) is 0 Å². The monoisotopic (exact) mass is 216 g/mol. The van der Waals surface area contributed by atoms with Crippen molar-refractivity contribution in [3.05, 3.63) is 36.1 Å². The average molecular weight is 216 g/mol. The molecule has 0 bridgehead atoms. The third-order valence-electron chi connectivity index (χ3n) is 2.77. The average Bonchev–Trinajstić information content (AvgIpc) is 3.02. The number of carbonyl (C=O) groups excluding carboxylic acids is 1. The van der Waals surface area contributed by atoms with E-state index in [4.69, 9.17) is 9.15 Å². The van der Waals surface area contributed by atoms with Crippen molar-refractivity contribution in [2.24, 2.45) is 5.92 Å². The number of fused-ring (bicyclic) bond motifs is 1. The first-order valence-corrected chi connectivity index (χ1v) is 5.48. The molecule has 0 spiro atoms. The summed E-state index contributed by atoms with van der Waals surface area (Å²) in [6, 6.07) is 9.27. The van der Waals surface area contributed by atoms with Gasteiger partial charge in [-0.05, 0) is 30.9 Å². The number of carbonyl (C=O) groups is 1. The predicted octanol–water partition coefficient (Wildman–Crippen LogP) is 3.00. The third kappa shape index (κ3) is 1.81. The number of rotatable bonds is 3. The Balaban J connectivity index is 1.78. The minimum Gasteiger partial charge on any atom is -0.460 e. The normalized spacial score (nSPS) is 15.2. The molecule has 16 heavy (non-hydrogen) atoms. The Labute approximate surface area is 93.0 Å². The molecular weight excluding hydrogens is 204 g/mol. The number of hydrogen-bond acceptors (Lipinski definition) is 3. The SMILES string of the molecule is O=C(OCC1CC1)c1cc2ccccc2o1. The highest BCUT2D eigenvalue weighted by Gasteiger charge is 2.24. The Morgan fingerprint density at radius 2 is 2.19 bits per heavy atom. The Morgan fingerprint density at radius 3 is 2.94 bits per heavy atom. The molecule has 0 N–H and O–H groups in total. The van der Waals surface area contributed by atoms with Crippen molar-refractivity contribution in [2.45, 2.75) is 12.8 Å². The van der Waals surface area contributed by atoms with Gasteiger partial charge in [-0.15, -0.1) is 0 Å². The van der Waals surface area contributed by atoms with Crippen LogP contribution in [-0.4, -0.2) is 12.6 Å². The number of benzene rings is 1. The molecule has 3 nitrogen and oxygen atoms in total. The molecule has 1 saturated carbocycles. The van der Waals surface area contributed by atoms with Gasteiger partial charge in [-0.2, -0.15) is 0 Å². The van der Waals surface area contributed by atoms with Gasteiger partial charge < -0.3 is 9.15 Å². The summed E-state index contributed by atoms with van der Waals surface area (Å²) in [5.41, 5.74) is 0.723. The van der Waals surface area contributed by atoms with Crippen LogP contribution in [0.15, 0.2) is 34.7 Å². The van der Waals surface area contributed by atoms with E-state index in [1.54, 1.807) is 6.07 Å². The zero-order valence-corrected chi connectivity index (χ0v) is 8.81. The van der Waals surface area contributed by atoms with Crippen molar-refractivity contribution in [3.63, 3.8) is 0 Å². The largest absolute Gasteiger partial charge is 0.460 e. The van der Waals surface area contributed by atoms with E-state index in [1.165, 1.54) is 12.8 Å². The molecule has 0 amide bonds. The van der Waals surface area contributed by atoms with Crippen LogP contribution in [0.25, 0.3) is 11.0 Å². The van der Waals surface area contributed by atoms with Crippen LogP contribution in [0.4, 0.5) is 0 Å². The summed E-state index contributed by atoms with van der Waals surface area (Å²) in [5, 5.41) is 0.931.